The average Bonchev–Trinajstić information content (AvgIpc) is 2.99. The van der Waals surface area contributed by atoms with Gasteiger partial charge in [-0.3, -0.25) is 0 Å². The Morgan fingerprint density at radius 1 is 1.29 bits per heavy atom. The zero-order valence-electron chi connectivity index (χ0n) is 12.5. The third kappa shape index (κ3) is 2.78. The summed E-state index contributed by atoms with van der Waals surface area (Å²) in [5, 5.41) is 16.9. The van der Waals surface area contributed by atoms with E-state index in [2.05, 4.69) is 29.3 Å². The summed E-state index contributed by atoms with van der Waals surface area (Å²) in [5.41, 5.74) is 0.704. The molecule has 1 unspecified atom stereocenters. The van der Waals surface area contributed by atoms with Gasteiger partial charge in [-0.05, 0) is 56.1 Å². The van der Waals surface area contributed by atoms with E-state index in [9.17, 15) is 5.11 Å². The molecule has 112 valence electrons. The SMILES string of the molecule is CC(C)(c1nc(-c2ccc(O)cc2)no1)C1CCCNC1. The van der Waals surface area contributed by atoms with Gasteiger partial charge in [0, 0.05) is 11.0 Å². The zero-order chi connectivity index (χ0) is 14.9. The Morgan fingerprint density at radius 2 is 2.05 bits per heavy atom. The van der Waals surface area contributed by atoms with Crippen molar-refractivity contribution in [2.45, 2.75) is 32.1 Å². The highest BCUT2D eigenvalue weighted by atomic mass is 16.5. The van der Waals surface area contributed by atoms with Crippen molar-refractivity contribution < 1.29 is 9.63 Å². The van der Waals surface area contributed by atoms with Gasteiger partial charge in [0.1, 0.15) is 5.75 Å². The summed E-state index contributed by atoms with van der Waals surface area (Å²) in [6, 6.07) is 6.83. The normalized spacial score (nSPS) is 19.6. The highest BCUT2D eigenvalue weighted by molar-refractivity contribution is 5.55. The number of hydrogen-bond acceptors (Lipinski definition) is 5. The van der Waals surface area contributed by atoms with Crippen LogP contribution in [0, 0.1) is 5.92 Å². The average molecular weight is 287 g/mol. The lowest BCUT2D eigenvalue weighted by Crippen LogP contribution is -2.40. The van der Waals surface area contributed by atoms with Gasteiger partial charge < -0.3 is 14.9 Å². The fourth-order valence-electron chi connectivity index (χ4n) is 2.86. The van der Waals surface area contributed by atoms with Crippen LogP contribution in [-0.2, 0) is 5.41 Å². The number of piperidine rings is 1. The number of rotatable bonds is 3. The van der Waals surface area contributed by atoms with E-state index in [0.29, 0.717) is 17.6 Å². The monoisotopic (exact) mass is 287 g/mol. The van der Waals surface area contributed by atoms with E-state index >= 15 is 0 Å². The Bertz CT molecular complexity index is 598. The van der Waals surface area contributed by atoms with Crippen LogP contribution < -0.4 is 5.32 Å². The molecule has 0 bridgehead atoms. The molecule has 2 N–H and O–H groups in total. The molecule has 5 heteroatoms. The van der Waals surface area contributed by atoms with Crippen molar-refractivity contribution in [2.24, 2.45) is 5.92 Å². The predicted octanol–water partition coefficient (Wildman–Crippen LogP) is 2.72. The van der Waals surface area contributed by atoms with Crippen molar-refractivity contribution in [1.82, 2.24) is 15.5 Å². The van der Waals surface area contributed by atoms with Gasteiger partial charge in [0.05, 0.1) is 0 Å². The summed E-state index contributed by atoms with van der Waals surface area (Å²) in [6.45, 7) is 6.41. The predicted molar refractivity (Wildman–Crippen MR) is 80.0 cm³/mol. The minimum atomic E-state index is -0.143. The van der Waals surface area contributed by atoms with Crippen LogP contribution in [0.4, 0.5) is 0 Å². The minimum absolute atomic E-state index is 0.143. The largest absolute Gasteiger partial charge is 0.508 e. The maximum Gasteiger partial charge on any atom is 0.232 e. The van der Waals surface area contributed by atoms with Gasteiger partial charge in [-0.2, -0.15) is 4.98 Å². The number of nitrogens with one attached hydrogen (secondary N) is 1. The number of aromatic nitrogens is 2. The lowest BCUT2D eigenvalue weighted by Gasteiger charge is -2.34. The van der Waals surface area contributed by atoms with Crippen LogP contribution in [0.1, 0.15) is 32.6 Å². The molecule has 1 aliphatic heterocycles. The molecule has 1 aromatic carbocycles. The molecule has 1 aromatic heterocycles. The van der Waals surface area contributed by atoms with Gasteiger partial charge in [-0.1, -0.05) is 19.0 Å². The van der Waals surface area contributed by atoms with E-state index in [1.807, 2.05) is 0 Å². The van der Waals surface area contributed by atoms with E-state index in [4.69, 9.17) is 4.52 Å². The minimum Gasteiger partial charge on any atom is -0.508 e. The van der Waals surface area contributed by atoms with Crippen molar-refractivity contribution in [3.05, 3.63) is 30.2 Å². The maximum absolute atomic E-state index is 9.34. The van der Waals surface area contributed by atoms with E-state index in [1.54, 1.807) is 24.3 Å². The van der Waals surface area contributed by atoms with Crippen LogP contribution in [0.5, 0.6) is 5.75 Å². The lowest BCUT2D eigenvalue weighted by atomic mass is 9.75. The fourth-order valence-corrected chi connectivity index (χ4v) is 2.86. The van der Waals surface area contributed by atoms with Crippen LogP contribution in [0.3, 0.4) is 0 Å². The number of aromatic hydroxyl groups is 1. The first-order valence-corrected chi connectivity index (χ1v) is 7.41. The van der Waals surface area contributed by atoms with Crippen molar-refractivity contribution >= 4 is 0 Å². The molecule has 1 aliphatic rings. The molecule has 0 aliphatic carbocycles. The molecule has 2 aromatic rings. The topological polar surface area (TPSA) is 71.2 Å². The number of hydrogen-bond donors (Lipinski definition) is 2. The van der Waals surface area contributed by atoms with E-state index in [1.165, 1.54) is 12.8 Å². The molecule has 1 atom stereocenters. The van der Waals surface area contributed by atoms with Crippen LogP contribution in [-0.4, -0.2) is 28.3 Å². The Kier molecular flexibility index (Phi) is 3.68. The molecule has 0 spiro atoms. The van der Waals surface area contributed by atoms with Crippen LogP contribution in [0.25, 0.3) is 11.4 Å². The second-order valence-electron chi connectivity index (χ2n) is 6.23. The van der Waals surface area contributed by atoms with Gasteiger partial charge >= 0.3 is 0 Å². The Morgan fingerprint density at radius 3 is 2.71 bits per heavy atom. The molecule has 1 fully saturated rings. The van der Waals surface area contributed by atoms with Gasteiger partial charge in [0.2, 0.25) is 11.7 Å². The fraction of sp³-hybridized carbons (Fsp3) is 0.500. The summed E-state index contributed by atoms with van der Waals surface area (Å²) < 4.78 is 5.52. The van der Waals surface area contributed by atoms with Crippen molar-refractivity contribution in [3.8, 4) is 17.1 Å². The number of nitrogens with zero attached hydrogens (tertiary/aromatic N) is 2. The molecule has 3 rings (SSSR count). The Hall–Kier alpha value is -1.88. The quantitative estimate of drug-likeness (QED) is 0.908. The van der Waals surface area contributed by atoms with Gasteiger partial charge in [0.25, 0.3) is 0 Å². The third-order valence-corrected chi connectivity index (χ3v) is 4.42. The zero-order valence-corrected chi connectivity index (χ0v) is 12.5. The summed E-state index contributed by atoms with van der Waals surface area (Å²) in [7, 11) is 0. The van der Waals surface area contributed by atoms with E-state index in [0.717, 1.165) is 18.7 Å². The van der Waals surface area contributed by atoms with Gasteiger partial charge in [0.15, 0.2) is 0 Å². The van der Waals surface area contributed by atoms with Crippen molar-refractivity contribution in [3.63, 3.8) is 0 Å². The summed E-state index contributed by atoms with van der Waals surface area (Å²) in [5.74, 6) is 1.98. The van der Waals surface area contributed by atoms with Crippen LogP contribution in [0.15, 0.2) is 28.8 Å². The summed E-state index contributed by atoms with van der Waals surface area (Å²) >= 11 is 0. The standard InChI is InChI=1S/C16H21N3O2/c1-16(2,12-4-3-9-17-10-12)15-18-14(19-21-15)11-5-7-13(20)8-6-11/h5-8,12,17,20H,3-4,9-10H2,1-2H3. The highest BCUT2D eigenvalue weighted by Crippen LogP contribution is 2.35. The van der Waals surface area contributed by atoms with Gasteiger partial charge in [-0.15, -0.1) is 0 Å². The smallest absolute Gasteiger partial charge is 0.232 e. The van der Waals surface area contributed by atoms with Crippen LogP contribution >= 0.6 is 0 Å². The van der Waals surface area contributed by atoms with Crippen molar-refractivity contribution in [2.75, 3.05) is 13.1 Å². The lowest BCUT2D eigenvalue weighted by molar-refractivity contribution is 0.196. The molecule has 0 radical (unpaired) electrons. The highest BCUT2D eigenvalue weighted by Gasteiger charge is 2.37. The first kappa shape index (κ1) is 14.1. The first-order valence-electron chi connectivity index (χ1n) is 7.41. The van der Waals surface area contributed by atoms with E-state index < -0.39 is 0 Å². The number of phenols is 1. The Labute approximate surface area is 124 Å². The molecule has 2 heterocycles. The van der Waals surface area contributed by atoms with Gasteiger partial charge in [-0.25, -0.2) is 0 Å². The molecule has 0 amide bonds. The molecule has 1 saturated heterocycles. The van der Waals surface area contributed by atoms with Crippen molar-refractivity contribution in [1.29, 1.82) is 0 Å². The maximum atomic E-state index is 9.34. The third-order valence-electron chi connectivity index (χ3n) is 4.42. The second-order valence-corrected chi connectivity index (χ2v) is 6.23. The second kappa shape index (κ2) is 5.48. The van der Waals surface area contributed by atoms with E-state index in [-0.39, 0.29) is 11.2 Å². The molecule has 5 nitrogen and oxygen atoms in total. The van der Waals surface area contributed by atoms with Crippen LogP contribution in [0.2, 0.25) is 0 Å². The molecular weight excluding hydrogens is 266 g/mol. The summed E-state index contributed by atoms with van der Waals surface area (Å²) in [6.07, 6.45) is 2.37. The number of benzene rings is 1. The first-order chi connectivity index (χ1) is 10.1. The molecule has 21 heavy (non-hydrogen) atoms. The summed E-state index contributed by atoms with van der Waals surface area (Å²) in [4.78, 5) is 4.57. The Balaban J connectivity index is 1.84. The molecular formula is C16H21N3O2. The molecule has 0 saturated carbocycles. The number of phenolic OH excluding ortho intramolecular Hbond substituents is 1.